The molecule has 0 atom stereocenters. The van der Waals surface area contributed by atoms with Gasteiger partial charge in [-0.2, -0.15) is 0 Å². The van der Waals surface area contributed by atoms with Crippen LogP contribution in [-0.4, -0.2) is 21.8 Å². The Kier molecular flexibility index (Phi) is 8.45. The second-order valence-electron chi connectivity index (χ2n) is 9.05. The van der Waals surface area contributed by atoms with Crippen LogP contribution in [0.15, 0.2) is 12.1 Å². The van der Waals surface area contributed by atoms with Crippen molar-refractivity contribution in [3.8, 4) is 5.75 Å². The van der Waals surface area contributed by atoms with Gasteiger partial charge in [-0.3, -0.25) is 0 Å². The first kappa shape index (κ1) is 22.6. The van der Waals surface area contributed by atoms with Crippen LogP contribution >= 0.6 is 0 Å². The van der Waals surface area contributed by atoms with Crippen molar-refractivity contribution in [2.45, 2.75) is 88.8 Å². The van der Waals surface area contributed by atoms with Crippen molar-refractivity contribution in [2.75, 3.05) is 6.61 Å². The molecule has 29 heavy (non-hydrogen) atoms. The van der Waals surface area contributed by atoms with Crippen molar-refractivity contribution in [1.29, 1.82) is 0 Å². The topological polar surface area (TPSA) is 9.23 Å². The zero-order valence-electron chi connectivity index (χ0n) is 17.4. The lowest BCUT2D eigenvalue weighted by molar-refractivity contribution is 0.0777. The first-order valence-corrected chi connectivity index (χ1v) is 13.8. The van der Waals surface area contributed by atoms with Crippen LogP contribution in [-0.2, 0) is 0 Å². The molecule has 0 radical (unpaired) electrons. The summed E-state index contributed by atoms with van der Waals surface area (Å²) < 4.78 is 57.5. The smallest absolute Gasteiger partial charge is 0.272 e. The minimum atomic E-state index is -2.76. The van der Waals surface area contributed by atoms with Gasteiger partial charge in [0.2, 0.25) is 0 Å². The van der Waals surface area contributed by atoms with Gasteiger partial charge in [-0.05, 0) is 61.1 Å². The van der Waals surface area contributed by atoms with Crippen molar-refractivity contribution in [2.24, 2.45) is 11.8 Å². The maximum atomic E-state index is 14.2. The molecular weight excluding hydrogens is 396 g/mol. The second-order valence-corrected chi connectivity index (χ2v) is 12.5. The molecule has 3 rings (SSSR count). The molecule has 2 aliphatic rings. The van der Waals surface area contributed by atoms with E-state index in [0.717, 1.165) is 37.5 Å². The van der Waals surface area contributed by atoms with Crippen LogP contribution in [0.3, 0.4) is 0 Å². The van der Waals surface area contributed by atoms with Crippen molar-refractivity contribution in [3.05, 3.63) is 29.3 Å². The average molecular weight is 431 g/mol. The molecule has 1 aliphatic carbocycles. The van der Waals surface area contributed by atoms with Gasteiger partial charge in [-0.15, -0.1) is 0 Å². The zero-order valence-corrected chi connectivity index (χ0v) is 18.6. The van der Waals surface area contributed by atoms with E-state index in [-0.39, 0.29) is 5.92 Å². The molecule has 0 spiro atoms. The summed E-state index contributed by atoms with van der Waals surface area (Å²) in [5, 5.41) is 0. The molecule has 164 valence electrons. The molecule has 1 saturated heterocycles. The van der Waals surface area contributed by atoms with Gasteiger partial charge < -0.3 is 4.74 Å². The Hall–Kier alpha value is -1.04. The molecule has 6 heteroatoms. The number of hydrogen-bond acceptors (Lipinski definition) is 1. The third-order valence-corrected chi connectivity index (χ3v) is 10.7. The SMILES string of the molecule is CCCC[SiH]1CCC([C@H]2CC[C@H](c3cc(F)c(OCC(F)F)c(F)c3)CC2)CC1. The van der Waals surface area contributed by atoms with Gasteiger partial charge in [-0.1, -0.05) is 50.7 Å². The van der Waals surface area contributed by atoms with Crippen LogP contribution < -0.4 is 4.74 Å². The van der Waals surface area contributed by atoms with E-state index in [9.17, 15) is 17.6 Å². The first-order chi connectivity index (χ1) is 14.0. The lowest BCUT2D eigenvalue weighted by Gasteiger charge is -2.37. The van der Waals surface area contributed by atoms with E-state index < -0.39 is 39.2 Å². The van der Waals surface area contributed by atoms with Crippen LogP contribution in [0.5, 0.6) is 5.75 Å². The van der Waals surface area contributed by atoms with Crippen LogP contribution in [0, 0.1) is 23.5 Å². The molecule has 0 amide bonds. The predicted molar refractivity (Wildman–Crippen MR) is 112 cm³/mol. The number of ether oxygens (including phenoxy) is 1. The zero-order chi connectivity index (χ0) is 20.8. The maximum absolute atomic E-state index is 14.2. The lowest BCUT2D eigenvalue weighted by atomic mass is 9.72. The van der Waals surface area contributed by atoms with E-state index >= 15 is 0 Å². The number of rotatable bonds is 8. The number of benzene rings is 1. The fourth-order valence-electron chi connectivity index (χ4n) is 5.46. The molecule has 1 aromatic rings. The lowest BCUT2D eigenvalue weighted by Crippen LogP contribution is -2.28. The van der Waals surface area contributed by atoms with Gasteiger partial charge in [0.1, 0.15) is 6.61 Å². The van der Waals surface area contributed by atoms with Crippen molar-refractivity contribution in [3.63, 3.8) is 0 Å². The summed E-state index contributed by atoms with van der Waals surface area (Å²) in [5.41, 5.74) is 0.638. The third kappa shape index (κ3) is 6.22. The highest BCUT2D eigenvalue weighted by Crippen LogP contribution is 2.44. The minimum Gasteiger partial charge on any atom is -0.482 e. The van der Waals surface area contributed by atoms with Gasteiger partial charge in [0, 0.05) is 8.80 Å². The van der Waals surface area contributed by atoms with Gasteiger partial charge >= 0.3 is 0 Å². The van der Waals surface area contributed by atoms with Gasteiger partial charge in [-0.25, -0.2) is 17.6 Å². The average Bonchev–Trinajstić information content (AvgIpc) is 2.72. The molecule has 1 aromatic carbocycles. The Morgan fingerprint density at radius 1 is 0.966 bits per heavy atom. The van der Waals surface area contributed by atoms with Gasteiger partial charge in [0.15, 0.2) is 17.4 Å². The normalized spacial score (nSPS) is 27.9. The Morgan fingerprint density at radius 2 is 1.55 bits per heavy atom. The monoisotopic (exact) mass is 430 g/mol. The van der Waals surface area contributed by atoms with E-state index in [1.165, 1.54) is 55.9 Å². The largest absolute Gasteiger partial charge is 0.482 e. The first-order valence-electron chi connectivity index (χ1n) is 11.4. The van der Waals surface area contributed by atoms with Crippen LogP contribution in [0.4, 0.5) is 17.6 Å². The highest BCUT2D eigenvalue weighted by atomic mass is 28.3. The van der Waals surface area contributed by atoms with Gasteiger partial charge in [0.25, 0.3) is 6.43 Å². The molecule has 2 fully saturated rings. The number of alkyl halides is 2. The standard InChI is InChI=1S/C23H34F4OSi/c1-2-3-10-29-11-8-18(9-12-29)16-4-6-17(7-5-16)19-13-20(24)23(21(25)14-19)28-15-22(26)27/h13-14,16-18,22,29H,2-12,15H2,1H3/t16-,17-,18?,29?. The number of halogens is 4. The quantitative estimate of drug-likeness (QED) is 0.310. The van der Waals surface area contributed by atoms with E-state index in [0.29, 0.717) is 5.56 Å². The summed E-state index contributed by atoms with van der Waals surface area (Å²) >= 11 is 0. The van der Waals surface area contributed by atoms with Crippen LogP contribution in [0.2, 0.25) is 18.1 Å². The van der Waals surface area contributed by atoms with E-state index in [1.54, 1.807) is 0 Å². The highest BCUT2D eigenvalue weighted by Gasteiger charge is 2.32. The molecule has 0 bridgehead atoms. The summed E-state index contributed by atoms with van der Waals surface area (Å²) in [4.78, 5) is 0. The number of hydrogen-bond donors (Lipinski definition) is 0. The molecular formula is C23H34F4OSi. The molecule has 0 aromatic heterocycles. The maximum Gasteiger partial charge on any atom is 0.272 e. The second kappa shape index (κ2) is 10.8. The fourth-order valence-corrected chi connectivity index (χ4v) is 9.12. The highest BCUT2D eigenvalue weighted by molar-refractivity contribution is 6.58. The molecule has 1 saturated carbocycles. The van der Waals surface area contributed by atoms with Crippen molar-refractivity contribution >= 4 is 8.80 Å². The Balaban J connectivity index is 1.51. The summed E-state index contributed by atoms with van der Waals surface area (Å²) in [7, 11) is -0.469. The Morgan fingerprint density at radius 3 is 2.10 bits per heavy atom. The summed E-state index contributed by atoms with van der Waals surface area (Å²) in [5.74, 6) is -0.687. The third-order valence-electron chi connectivity index (χ3n) is 7.14. The Bertz CT molecular complexity index is 615. The van der Waals surface area contributed by atoms with Gasteiger partial charge in [0.05, 0.1) is 0 Å². The molecule has 0 N–H and O–H groups in total. The molecule has 1 nitrogen and oxygen atoms in total. The van der Waals surface area contributed by atoms with Crippen molar-refractivity contribution in [1.82, 2.24) is 0 Å². The molecule has 1 heterocycles. The Labute approximate surface area is 173 Å². The summed E-state index contributed by atoms with van der Waals surface area (Å²) in [6.07, 6.45) is 6.93. The van der Waals surface area contributed by atoms with E-state index in [2.05, 4.69) is 11.7 Å². The van der Waals surface area contributed by atoms with Crippen molar-refractivity contribution < 1.29 is 22.3 Å². The fraction of sp³-hybridized carbons (Fsp3) is 0.739. The predicted octanol–water partition coefficient (Wildman–Crippen LogP) is 7.32. The summed E-state index contributed by atoms with van der Waals surface area (Å²) in [6.45, 7) is 1.28. The van der Waals surface area contributed by atoms with Crippen LogP contribution in [0.1, 0.15) is 69.8 Å². The molecule has 0 unspecified atom stereocenters. The van der Waals surface area contributed by atoms with E-state index in [1.807, 2.05) is 0 Å². The molecule has 1 aliphatic heterocycles. The van der Waals surface area contributed by atoms with E-state index in [4.69, 9.17) is 0 Å². The summed E-state index contributed by atoms with van der Waals surface area (Å²) in [6, 6.07) is 7.07. The number of unbranched alkanes of at least 4 members (excludes halogenated alkanes) is 1. The van der Waals surface area contributed by atoms with Crippen LogP contribution in [0.25, 0.3) is 0 Å². The minimum absolute atomic E-state index is 0.148.